The quantitative estimate of drug-likeness (QED) is 0.180. The number of rotatable bonds is 10. The van der Waals surface area contributed by atoms with Crippen molar-refractivity contribution in [3.63, 3.8) is 0 Å². The molecule has 6 nitrogen and oxygen atoms in total. The SMILES string of the molecule is C=C(C)C(=O)Oc1ccc(-c2ccc(-c3ccc(OC(=O)C(=C)C)c(F)c3)c(COC)c2)c(COC)c1. The Kier molecular flexibility index (Phi) is 9.11. The Balaban J connectivity index is 2.00. The van der Waals surface area contributed by atoms with Crippen molar-refractivity contribution in [2.24, 2.45) is 0 Å². The van der Waals surface area contributed by atoms with Crippen LogP contribution in [0.4, 0.5) is 4.39 Å². The molecule has 0 spiro atoms. The summed E-state index contributed by atoms with van der Waals surface area (Å²) in [6.45, 7) is 10.8. The van der Waals surface area contributed by atoms with E-state index in [1.807, 2.05) is 24.3 Å². The molecule has 0 aliphatic heterocycles. The molecule has 0 bridgehead atoms. The van der Waals surface area contributed by atoms with E-state index in [-0.39, 0.29) is 17.9 Å². The lowest BCUT2D eigenvalue weighted by atomic mass is 9.93. The van der Waals surface area contributed by atoms with Crippen molar-refractivity contribution in [2.75, 3.05) is 14.2 Å². The third-order valence-electron chi connectivity index (χ3n) is 5.45. The summed E-state index contributed by atoms with van der Waals surface area (Å²) in [5, 5.41) is 0. The van der Waals surface area contributed by atoms with Crippen LogP contribution < -0.4 is 9.47 Å². The second kappa shape index (κ2) is 12.3. The Morgan fingerprint density at radius 2 is 1.24 bits per heavy atom. The van der Waals surface area contributed by atoms with E-state index < -0.39 is 17.8 Å². The molecule has 0 radical (unpaired) electrons. The fourth-order valence-corrected chi connectivity index (χ4v) is 3.64. The minimum absolute atomic E-state index is 0.168. The van der Waals surface area contributed by atoms with Crippen molar-refractivity contribution in [3.05, 3.63) is 95.8 Å². The van der Waals surface area contributed by atoms with E-state index >= 15 is 0 Å². The molecule has 37 heavy (non-hydrogen) atoms. The average molecular weight is 505 g/mol. The zero-order chi connectivity index (χ0) is 27.1. The zero-order valence-electron chi connectivity index (χ0n) is 21.4. The number of hydrogen-bond donors (Lipinski definition) is 0. The number of benzene rings is 3. The van der Waals surface area contributed by atoms with Crippen molar-refractivity contribution in [1.82, 2.24) is 0 Å². The van der Waals surface area contributed by atoms with Crippen LogP contribution >= 0.6 is 0 Å². The molecular weight excluding hydrogens is 475 g/mol. The third kappa shape index (κ3) is 6.78. The summed E-state index contributed by atoms with van der Waals surface area (Å²) >= 11 is 0. The highest BCUT2D eigenvalue weighted by Gasteiger charge is 2.16. The van der Waals surface area contributed by atoms with Crippen LogP contribution in [0.5, 0.6) is 11.5 Å². The molecule has 0 saturated carbocycles. The maximum Gasteiger partial charge on any atom is 0.338 e. The number of ether oxygens (including phenoxy) is 4. The van der Waals surface area contributed by atoms with Crippen LogP contribution in [0, 0.1) is 5.82 Å². The molecule has 0 unspecified atom stereocenters. The second-order valence-corrected chi connectivity index (χ2v) is 8.54. The summed E-state index contributed by atoms with van der Waals surface area (Å²) in [6.07, 6.45) is 0. The zero-order valence-corrected chi connectivity index (χ0v) is 21.4. The van der Waals surface area contributed by atoms with Crippen LogP contribution in [0.15, 0.2) is 78.9 Å². The van der Waals surface area contributed by atoms with Gasteiger partial charge in [-0.1, -0.05) is 37.4 Å². The number of carbonyl (C=O) groups is 2. The highest BCUT2D eigenvalue weighted by atomic mass is 19.1. The fraction of sp³-hybridized carbons (Fsp3) is 0.200. The molecule has 7 heteroatoms. The van der Waals surface area contributed by atoms with Gasteiger partial charge in [-0.2, -0.15) is 0 Å². The Bertz CT molecular complexity index is 1360. The molecule has 0 fully saturated rings. The summed E-state index contributed by atoms with van der Waals surface area (Å²) in [5.74, 6) is -1.64. The lowest BCUT2D eigenvalue weighted by Crippen LogP contribution is -2.09. The highest BCUT2D eigenvalue weighted by Crippen LogP contribution is 2.34. The molecule has 0 aromatic heterocycles. The second-order valence-electron chi connectivity index (χ2n) is 8.54. The summed E-state index contributed by atoms with van der Waals surface area (Å²) in [4.78, 5) is 23.7. The van der Waals surface area contributed by atoms with E-state index in [9.17, 15) is 14.0 Å². The van der Waals surface area contributed by atoms with Gasteiger partial charge in [-0.25, -0.2) is 14.0 Å². The topological polar surface area (TPSA) is 71.1 Å². The third-order valence-corrected chi connectivity index (χ3v) is 5.45. The van der Waals surface area contributed by atoms with Crippen LogP contribution in [0.3, 0.4) is 0 Å². The summed E-state index contributed by atoms with van der Waals surface area (Å²) < 4.78 is 35.9. The summed E-state index contributed by atoms with van der Waals surface area (Å²) in [7, 11) is 3.17. The molecule has 0 atom stereocenters. The van der Waals surface area contributed by atoms with Crippen LogP contribution in [0.1, 0.15) is 25.0 Å². The van der Waals surface area contributed by atoms with Crippen LogP contribution in [0.2, 0.25) is 0 Å². The van der Waals surface area contributed by atoms with Crippen molar-refractivity contribution < 1.29 is 32.9 Å². The highest BCUT2D eigenvalue weighted by molar-refractivity contribution is 5.89. The molecule has 3 rings (SSSR count). The van der Waals surface area contributed by atoms with Crippen molar-refractivity contribution in [1.29, 1.82) is 0 Å². The normalized spacial score (nSPS) is 10.6. The van der Waals surface area contributed by atoms with Gasteiger partial charge in [0.15, 0.2) is 11.6 Å². The van der Waals surface area contributed by atoms with Gasteiger partial charge in [-0.3, -0.25) is 0 Å². The minimum Gasteiger partial charge on any atom is -0.423 e. The number of methoxy groups -OCH3 is 2. The summed E-state index contributed by atoms with van der Waals surface area (Å²) in [5.41, 5.74) is 5.26. The number of halogens is 1. The molecule has 192 valence electrons. The maximum absolute atomic E-state index is 14.7. The first-order valence-corrected chi connectivity index (χ1v) is 11.4. The largest absolute Gasteiger partial charge is 0.423 e. The molecule has 0 N–H and O–H groups in total. The Morgan fingerprint density at radius 1 is 0.730 bits per heavy atom. The van der Waals surface area contributed by atoms with Gasteiger partial charge < -0.3 is 18.9 Å². The fourth-order valence-electron chi connectivity index (χ4n) is 3.64. The van der Waals surface area contributed by atoms with Crippen LogP contribution in [0.25, 0.3) is 22.3 Å². The van der Waals surface area contributed by atoms with E-state index in [0.29, 0.717) is 23.5 Å². The van der Waals surface area contributed by atoms with E-state index in [2.05, 4.69) is 13.2 Å². The van der Waals surface area contributed by atoms with Gasteiger partial charge in [0.1, 0.15) is 5.75 Å². The van der Waals surface area contributed by atoms with E-state index in [0.717, 1.165) is 27.8 Å². The van der Waals surface area contributed by atoms with E-state index in [1.165, 1.54) is 19.1 Å². The van der Waals surface area contributed by atoms with Gasteiger partial charge >= 0.3 is 11.9 Å². The Morgan fingerprint density at radius 3 is 1.81 bits per heavy atom. The molecule has 0 heterocycles. The number of carbonyl (C=O) groups excluding carboxylic acids is 2. The van der Waals surface area contributed by atoms with E-state index in [1.54, 1.807) is 39.3 Å². The first-order valence-electron chi connectivity index (χ1n) is 11.4. The van der Waals surface area contributed by atoms with Crippen molar-refractivity contribution in [2.45, 2.75) is 27.1 Å². The van der Waals surface area contributed by atoms with Crippen LogP contribution in [-0.2, 0) is 32.3 Å². The number of esters is 2. The smallest absolute Gasteiger partial charge is 0.338 e. The standard InChI is InChI=1S/C30H29FO6/c1-18(2)29(32)36-24-9-11-26(23(14-24)17-35-6)20-7-10-25(22(13-20)16-34-5)21-8-12-28(27(31)15-21)37-30(33)19(3)4/h7-15H,1,3,16-17H2,2,4-6H3. The molecule has 0 aliphatic carbocycles. The van der Waals surface area contributed by atoms with Gasteiger partial charge in [0.05, 0.1) is 13.2 Å². The lowest BCUT2D eigenvalue weighted by molar-refractivity contribution is -0.131. The average Bonchev–Trinajstić information content (AvgIpc) is 2.85. The monoisotopic (exact) mass is 504 g/mol. The van der Waals surface area contributed by atoms with Crippen molar-refractivity contribution in [3.8, 4) is 33.8 Å². The Labute approximate surface area is 215 Å². The first kappa shape index (κ1) is 27.5. The van der Waals surface area contributed by atoms with Crippen LogP contribution in [-0.4, -0.2) is 26.2 Å². The van der Waals surface area contributed by atoms with Gasteiger partial charge in [-0.15, -0.1) is 0 Å². The van der Waals surface area contributed by atoms with Crippen molar-refractivity contribution >= 4 is 11.9 Å². The maximum atomic E-state index is 14.7. The molecular formula is C30H29FO6. The van der Waals surface area contributed by atoms with Gasteiger partial charge in [0.25, 0.3) is 0 Å². The lowest BCUT2D eigenvalue weighted by Gasteiger charge is -2.16. The van der Waals surface area contributed by atoms with Gasteiger partial charge in [-0.05, 0) is 77.6 Å². The van der Waals surface area contributed by atoms with E-state index in [4.69, 9.17) is 18.9 Å². The van der Waals surface area contributed by atoms with Gasteiger partial charge in [0, 0.05) is 25.4 Å². The molecule has 0 aliphatic rings. The minimum atomic E-state index is -0.691. The number of hydrogen-bond acceptors (Lipinski definition) is 6. The molecule has 0 saturated heterocycles. The molecule has 3 aromatic carbocycles. The molecule has 0 amide bonds. The predicted molar refractivity (Wildman–Crippen MR) is 140 cm³/mol. The first-order chi connectivity index (χ1) is 17.6. The van der Waals surface area contributed by atoms with Gasteiger partial charge in [0.2, 0.25) is 0 Å². The molecule has 3 aromatic rings. The predicted octanol–water partition coefficient (Wildman–Crippen LogP) is 6.42. The summed E-state index contributed by atoms with van der Waals surface area (Å²) in [6, 6.07) is 15.5. The Hall–Kier alpha value is -4.07.